The fraction of sp³-hybridized carbons (Fsp3) is 0.417. The number of carbonyl (C=O) groups is 1. The number of amides is 2. The number of nitrogens with one attached hydrogen (secondary N) is 2. The Kier molecular flexibility index (Phi) is 3.86. The van der Waals surface area contributed by atoms with Gasteiger partial charge in [-0.2, -0.15) is 0 Å². The maximum atomic E-state index is 11.8. The first-order valence-electron chi connectivity index (χ1n) is 5.67. The highest BCUT2D eigenvalue weighted by Gasteiger charge is 2.26. The van der Waals surface area contributed by atoms with Crippen LogP contribution in [0.1, 0.15) is 0 Å². The Morgan fingerprint density at radius 2 is 2.29 bits per heavy atom. The largest absolute Gasteiger partial charge is 0.337 e. The SMILES string of the molecule is CNCC1CNC(=O)N(c2ccccc2Cl)C1. The van der Waals surface area contributed by atoms with Gasteiger partial charge in [-0.05, 0) is 19.2 Å². The molecular weight excluding hydrogens is 238 g/mol. The van der Waals surface area contributed by atoms with Crippen LogP contribution in [-0.4, -0.2) is 32.7 Å². The second-order valence-corrected chi connectivity index (χ2v) is 4.58. The molecule has 2 amide bonds. The lowest BCUT2D eigenvalue weighted by Gasteiger charge is -2.33. The second kappa shape index (κ2) is 5.38. The minimum absolute atomic E-state index is 0.0783. The lowest BCUT2D eigenvalue weighted by Crippen LogP contribution is -2.53. The molecule has 0 spiro atoms. The minimum Gasteiger partial charge on any atom is -0.337 e. The first kappa shape index (κ1) is 12.2. The molecule has 1 atom stereocenters. The molecule has 0 radical (unpaired) electrons. The number of urea groups is 1. The van der Waals surface area contributed by atoms with Crippen LogP contribution >= 0.6 is 11.6 Å². The first-order chi connectivity index (χ1) is 8.22. The van der Waals surface area contributed by atoms with Gasteiger partial charge in [-0.1, -0.05) is 23.7 Å². The van der Waals surface area contributed by atoms with Crippen molar-refractivity contribution >= 4 is 23.3 Å². The summed E-state index contributed by atoms with van der Waals surface area (Å²) >= 11 is 6.11. The van der Waals surface area contributed by atoms with E-state index in [2.05, 4.69) is 10.6 Å². The van der Waals surface area contributed by atoms with Crippen molar-refractivity contribution in [1.29, 1.82) is 0 Å². The monoisotopic (exact) mass is 253 g/mol. The Bertz CT molecular complexity index is 410. The van der Waals surface area contributed by atoms with Gasteiger partial charge in [0.15, 0.2) is 0 Å². The van der Waals surface area contributed by atoms with Crippen molar-refractivity contribution in [3.05, 3.63) is 29.3 Å². The summed E-state index contributed by atoms with van der Waals surface area (Å²) in [6, 6.07) is 7.33. The van der Waals surface area contributed by atoms with Crippen LogP contribution < -0.4 is 15.5 Å². The molecule has 5 heteroatoms. The Balaban J connectivity index is 2.18. The van der Waals surface area contributed by atoms with Gasteiger partial charge in [-0.25, -0.2) is 4.79 Å². The predicted octanol–water partition coefficient (Wildman–Crippen LogP) is 1.71. The standard InChI is InChI=1S/C12H16ClN3O/c1-14-6-9-7-15-12(17)16(8-9)11-5-3-2-4-10(11)13/h2-5,9,14H,6-8H2,1H3,(H,15,17). The highest BCUT2D eigenvalue weighted by molar-refractivity contribution is 6.33. The van der Waals surface area contributed by atoms with Crippen LogP contribution in [0.2, 0.25) is 5.02 Å². The Labute approximate surface area is 106 Å². The molecule has 0 aliphatic carbocycles. The molecule has 0 aromatic heterocycles. The quantitative estimate of drug-likeness (QED) is 0.861. The molecule has 1 aliphatic rings. The summed E-state index contributed by atoms with van der Waals surface area (Å²) < 4.78 is 0. The number of hydrogen-bond donors (Lipinski definition) is 2. The van der Waals surface area contributed by atoms with Crippen molar-refractivity contribution in [3.63, 3.8) is 0 Å². The Morgan fingerprint density at radius 3 is 3.00 bits per heavy atom. The van der Waals surface area contributed by atoms with Gasteiger partial charge in [0.1, 0.15) is 0 Å². The van der Waals surface area contributed by atoms with Gasteiger partial charge in [-0.15, -0.1) is 0 Å². The number of carbonyl (C=O) groups excluding carboxylic acids is 1. The van der Waals surface area contributed by atoms with Crippen molar-refractivity contribution in [2.45, 2.75) is 0 Å². The van der Waals surface area contributed by atoms with E-state index in [1.54, 1.807) is 11.0 Å². The highest BCUT2D eigenvalue weighted by atomic mass is 35.5. The third-order valence-electron chi connectivity index (χ3n) is 2.86. The predicted molar refractivity (Wildman–Crippen MR) is 69.6 cm³/mol. The van der Waals surface area contributed by atoms with Crippen molar-refractivity contribution in [2.24, 2.45) is 5.92 Å². The molecule has 1 aliphatic heterocycles. The van der Waals surface area contributed by atoms with Crippen LogP contribution in [0.3, 0.4) is 0 Å². The second-order valence-electron chi connectivity index (χ2n) is 4.17. The zero-order valence-electron chi connectivity index (χ0n) is 9.74. The van der Waals surface area contributed by atoms with E-state index < -0.39 is 0 Å². The minimum atomic E-state index is -0.0783. The lowest BCUT2D eigenvalue weighted by atomic mass is 10.1. The fourth-order valence-electron chi connectivity index (χ4n) is 2.04. The van der Waals surface area contributed by atoms with Gasteiger partial charge in [0.25, 0.3) is 0 Å². The molecule has 1 unspecified atom stereocenters. The molecule has 2 N–H and O–H groups in total. The third-order valence-corrected chi connectivity index (χ3v) is 3.18. The molecule has 1 aromatic carbocycles. The summed E-state index contributed by atoms with van der Waals surface area (Å²) in [6.07, 6.45) is 0. The van der Waals surface area contributed by atoms with E-state index >= 15 is 0 Å². The van der Waals surface area contributed by atoms with E-state index in [9.17, 15) is 4.79 Å². The summed E-state index contributed by atoms with van der Waals surface area (Å²) in [7, 11) is 1.91. The van der Waals surface area contributed by atoms with Gasteiger partial charge in [0, 0.05) is 25.6 Å². The van der Waals surface area contributed by atoms with E-state index in [1.165, 1.54) is 0 Å². The summed E-state index contributed by atoms with van der Waals surface area (Å²) in [6.45, 7) is 2.28. The van der Waals surface area contributed by atoms with Crippen LogP contribution in [-0.2, 0) is 0 Å². The normalized spacial score (nSPS) is 20.2. The van der Waals surface area contributed by atoms with Gasteiger partial charge < -0.3 is 10.6 Å². The summed E-state index contributed by atoms with van der Waals surface area (Å²) in [4.78, 5) is 13.5. The third kappa shape index (κ3) is 2.70. The smallest absolute Gasteiger partial charge is 0.321 e. The molecule has 2 rings (SSSR count). The van der Waals surface area contributed by atoms with E-state index in [1.807, 2.05) is 25.2 Å². The zero-order chi connectivity index (χ0) is 12.3. The molecule has 1 heterocycles. The van der Waals surface area contributed by atoms with Crippen molar-refractivity contribution in [1.82, 2.24) is 10.6 Å². The first-order valence-corrected chi connectivity index (χ1v) is 6.04. The van der Waals surface area contributed by atoms with E-state index in [4.69, 9.17) is 11.6 Å². The molecule has 1 fully saturated rings. The van der Waals surface area contributed by atoms with Crippen LogP contribution in [0.5, 0.6) is 0 Å². The van der Waals surface area contributed by atoms with Gasteiger partial charge in [0.2, 0.25) is 0 Å². The van der Waals surface area contributed by atoms with Gasteiger partial charge in [-0.3, -0.25) is 4.90 Å². The Hall–Kier alpha value is -1.26. The molecule has 4 nitrogen and oxygen atoms in total. The number of rotatable bonds is 3. The molecule has 17 heavy (non-hydrogen) atoms. The molecule has 0 bridgehead atoms. The summed E-state index contributed by atoms with van der Waals surface area (Å²) in [5, 5.41) is 6.61. The maximum absolute atomic E-state index is 11.8. The Morgan fingerprint density at radius 1 is 1.53 bits per heavy atom. The average molecular weight is 254 g/mol. The van der Waals surface area contributed by atoms with Crippen LogP contribution in [0, 0.1) is 5.92 Å². The van der Waals surface area contributed by atoms with E-state index in [0.29, 0.717) is 24.0 Å². The topological polar surface area (TPSA) is 44.4 Å². The molecule has 1 saturated heterocycles. The average Bonchev–Trinajstić information content (AvgIpc) is 2.33. The van der Waals surface area contributed by atoms with E-state index in [-0.39, 0.29) is 6.03 Å². The van der Waals surface area contributed by atoms with Crippen LogP contribution in [0.4, 0.5) is 10.5 Å². The molecule has 0 saturated carbocycles. The van der Waals surface area contributed by atoms with Crippen molar-refractivity contribution in [3.8, 4) is 0 Å². The van der Waals surface area contributed by atoms with Crippen LogP contribution in [0.25, 0.3) is 0 Å². The number of para-hydroxylation sites is 1. The number of anilines is 1. The highest BCUT2D eigenvalue weighted by Crippen LogP contribution is 2.27. The maximum Gasteiger partial charge on any atom is 0.321 e. The fourth-order valence-corrected chi connectivity index (χ4v) is 2.27. The van der Waals surface area contributed by atoms with Gasteiger partial charge in [0.05, 0.1) is 10.7 Å². The van der Waals surface area contributed by atoms with Crippen molar-refractivity contribution < 1.29 is 4.79 Å². The number of benzene rings is 1. The number of nitrogens with zero attached hydrogens (tertiary/aromatic N) is 1. The van der Waals surface area contributed by atoms with E-state index in [0.717, 1.165) is 12.2 Å². The van der Waals surface area contributed by atoms with Crippen molar-refractivity contribution in [2.75, 3.05) is 31.6 Å². The van der Waals surface area contributed by atoms with Crippen LogP contribution in [0.15, 0.2) is 24.3 Å². The molecular formula is C12H16ClN3O. The molecule has 1 aromatic rings. The summed E-state index contributed by atoms with van der Waals surface area (Å²) in [5.41, 5.74) is 0.771. The zero-order valence-corrected chi connectivity index (χ0v) is 10.5. The molecule has 92 valence electrons. The number of hydrogen-bond acceptors (Lipinski definition) is 2. The summed E-state index contributed by atoms with van der Waals surface area (Å²) in [5.74, 6) is 0.397. The van der Waals surface area contributed by atoms with Gasteiger partial charge >= 0.3 is 6.03 Å². The lowest BCUT2D eigenvalue weighted by molar-refractivity contribution is 0.236. The number of halogens is 1.